The zero-order valence-electron chi connectivity index (χ0n) is 10.4. The highest BCUT2D eigenvalue weighted by molar-refractivity contribution is 9.10. The Bertz CT molecular complexity index is 734. The van der Waals surface area contributed by atoms with E-state index in [4.69, 9.17) is 5.11 Å². The zero-order valence-corrected chi connectivity index (χ0v) is 11.9. The molecular weight excluding hydrogens is 348 g/mol. The average molecular weight is 356 g/mol. The second-order valence-corrected chi connectivity index (χ2v) is 4.99. The fourth-order valence-electron chi connectivity index (χ4n) is 1.67. The minimum atomic E-state index is -1.33. The van der Waals surface area contributed by atoms with Crippen LogP contribution in [0.25, 0.3) is 0 Å². The van der Waals surface area contributed by atoms with Crippen LogP contribution in [0.2, 0.25) is 0 Å². The molecule has 0 spiro atoms. The molecule has 0 radical (unpaired) electrons. The van der Waals surface area contributed by atoms with E-state index in [1.807, 2.05) is 0 Å². The largest absolute Gasteiger partial charge is 0.478 e. The molecule has 0 saturated heterocycles. The van der Waals surface area contributed by atoms with Gasteiger partial charge in [0.05, 0.1) is 16.8 Å². The number of hydrogen-bond acceptors (Lipinski definition) is 2. The number of anilines is 1. The standard InChI is InChI=1S/C14H8BrF2NO3/c15-7-1-4-11(17)10(5-7)13(19)18-12-6-8(16)2-3-9(12)14(20)21/h1-6H,(H,18,19)(H,20,21). The van der Waals surface area contributed by atoms with Gasteiger partial charge in [-0.3, -0.25) is 4.79 Å². The maximum Gasteiger partial charge on any atom is 0.337 e. The highest BCUT2D eigenvalue weighted by atomic mass is 79.9. The van der Waals surface area contributed by atoms with Crippen molar-refractivity contribution in [2.75, 3.05) is 5.32 Å². The first-order valence-electron chi connectivity index (χ1n) is 5.67. The molecule has 2 aromatic rings. The molecule has 7 heteroatoms. The van der Waals surface area contributed by atoms with Crippen LogP contribution in [0.1, 0.15) is 20.7 Å². The third-order valence-corrected chi connectivity index (χ3v) is 3.13. The van der Waals surface area contributed by atoms with Gasteiger partial charge in [-0.05, 0) is 36.4 Å². The molecule has 0 saturated carbocycles. The number of carbonyl (C=O) groups is 2. The van der Waals surface area contributed by atoms with Crippen molar-refractivity contribution < 1.29 is 23.5 Å². The van der Waals surface area contributed by atoms with E-state index in [9.17, 15) is 18.4 Å². The van der Waals surface area contributed by atoms with E-state index in [-0.39, 0.29) is 16.8 Å². The Labute approximate surface area is 126 Å². The van der Waals surface area contributed by atoms with Crippen molar-refractivity contribution >= 4 is 33.5 Å². The number of amides is 1. The highest BCUT2D eigenvalue weighted by Gasteiger charge is 2.17. The lowest BCUT2D eigenvalue weighted by atomic mass is 10.1. The average Bonchev–Trinajstić information content (AvgIpc) is 2.41. The molecular formula is C14H8BrF2NO3. The molecule has 0 aliphatic carbocycles. The molecule has 0 aliphatic heterocycles. The first kappa shape index (κ1) is 15.1. The Morgan fingerprint density at radius 3 is 2.43 bits per heavy atom. The number of carbonyl (C=O) groups excluding carboxylic acids is 1. The molecule has 0 heterocycles. The van der Waals surface area contributed by atoms with Crippen molar-refractivity contribution in [1.82, 2.24) is 0 Å². The number of carboxylic acids is 1. The van der Waals surface area contributed by atoms with Crippen molar-refractivity contribution in [3.8, 4) is 0 Å². The predicted molar refractivity (Wildman–Crippen MR) is 75.4 cm³/mol. The summed E-state index contributed by atoms with van der Waals surface area (Å²) in [6.07, 6.45) is 0. The van der Waals surface area contributed by atoms with Crippen molar-refractivity contribution in [3.05, 3.63) is 63.6 Å². The summed E-state index contributed by atoms with van der Waals surface area (Å²) in [4.78, 5) is 23.0. The molecule has 4 nitrogen and oxygen atoms in total. The maximum atomic E-state index is 13.6. The molecule has 0 aliphatic rings. The summed E-state index contributed by atoms with van der Waals surface area (Å²) >= 11 is 3.10. The summed E-state index contributed by atoms with van der Waals surface area (Å²) in [5.74, 6) is -3.70. The van der Waals surface area contributed by atoms with Crippen LogP contribution in [0.3, 0.4) is 0 Å². The summed E-state index contributed by atoms with van der Waals surface area (Å²) in [6, 6.07) is 6.57. The van der Waals surface area contributed by atoms with Gasteiger partial charge in [-0.2, -0.15) is 0 Å². The van der Waals surface area contributed by atoms with Gasteiger partial charge in [0.15, 0.2) is 0 Å². The SMILES string of the molecule is O=C(Nc1cc(F)ccc1C(=O)O)c1cc(Br)ccc1F. The van der Waals surface area contributed by atoms with Gasteiger partial charge < -0.3 is 10.4 Å². The van der Waals surface area contributed by atoms with E-state index in [0.717, 1.165) is 24.3 Å². The Morgan fingerprint density at radius 1 is 1.05 bits per heavy atom. The van der Waals surface area contributed by atoms with Crippen molar-refractivity contribution in [1.29, 1.82) is 0 Å². The van der Waals surface area contributed by atoms with E-state index in [0.29, 0.717) is 4.47 Å². The smallest absolute Gasteiger partial charge is 0.337 e. The van der Waals surface area contributed by atoms with Crippen LogP contribution in [0.4, 0.5) is 14.5 Å². The molecule has 0 atom stereocenters. The van der Waals surface area contributed by atoms with Crippen LogP contribution in [0.15, 0.2) is 40.9 Å². The third kappa shape index (κ3) is 3.43. The Morgan fingerprint density at radius 2 is 1.76 bits per heavy atom. The van der Waals surface area contributed by atoms with Gasteiger partial charge in [-0.1, -0.05) is 15.9 Å². The fraction of sp³-hybridized carbons (Fsp3) is 0. The Kier molecular flexibility index (Phi) is 4.32. The zero-order chi connectivity index (χ0) is 15.6. The van der Waals surface area contributed by atoms with Crippen molar-refractivity contribution in [3.63, 3.8) is 0 Å². The van der Waals surface area contributed by atoms with E-state index in [1.165, 1.54) is 12.1 Å². The lowest BCUT2D eigenvalue weighted by Crippen LogP contribution is -2.16. The summed E-state index contributed by atoms with van der Waals surface area (Å²) < 4.78 is 27.2. The van der Waals surface area contributed by atoms with Crippen molar-refractivity contribution in [2.24, 2.45) is 0 Å². The van der Waals surface area contributed by atoms with E-state index in [1.54, 1.807) is 0 Å². The predicted octanol–water partition coefficient (Wildman–Crippen LogP) is 3.68. The van der Waals surface area contributed by atoms with Gasteiger partial charge in [-0.15, -0.1) is 0 Å². The third-order valence-electron chi connectivity index (χ3n) is 2.63. The number of benzene rings is 2. The molecule has 2 N–H and O–H groups in total. The molecule has 108 valence electrons. The number of rotatable bonds is 3. The van der Waals surface area contributed by atoms with Crippen molar-refractivity contribution in [2.45, 2.75) is 0 Å². The quantitative estimate of drug-likeness (QED) is 0.882. The summed E-state index contributed by atoms with van der Waals surface area (Å²) in [7, 11) is 0. The normalized spacial score (nSPS) is 10.2. The number of halogens is 3. The minimum Gasteiger partial charge on any atom is -0.478 e. The van der Waals surface area contributed by atoms with E-state index < -0.39 is 23.5 Å². The first-order chi connectivity index (χ1) is 9.88. The molecule has 2 aromatic carbocycles. The molecule has 1 amide bonds. The van der Waals surface area contributed by atoms with Gasteiger partial charge in [-0.25, -0.2) is 13.6 Å². The van der Waals surface area contributed by atoms with Gasteiger partial charge in [0.25, 0.3) is 5.91 Å². The summed E-state index contributed by atoms with van der Waals surface area (Å²) in [5, 5.41) is 11.2. The highest BCUT2D eigenvalue weighted by Crippen LogP contribution is 2.21. The second-order valence-electron chi connectivity index (χ2n) is 4.07. The Hall–Kier alpha value is -2.28. The molecule has 21 heavy (non-hydrogen) atoms. The Balaban J connectivity index is 2.38. The number of hydrogen-bond donors (Lipinski definition) is 2. The van der Waals surface area contributed by atoms with Crippen LogP contribution in [0, 0.1) is 11.6 Å². The molecule has 0 fully saturated rings. The monoisotopic (exact) mass is 355 g/mol. The van der Waals surface area contributed by atoms with Gasteiger partial charge >= 0.3 is 5.97 Å². The summed E-state index contributed by atoms with van der Waals surface area (Å²) in [5.41, 5.74) is -0.822. The van der Waals surface area contributed by atoms with Gasteiger partial charge in [0.1, 0.15) is 11.6 Å². The summed E-state index contributed by atoms with van der Waals surface area (Å²) in [6.45, 7) is 0. The van der Waals surface area contributed by atoms with Gasteiger partial charge in [0, 0.05) is 4.47 Å². The molecule has 2 rings (SSSR count). The first-order valence-corrected chi connectivity index (χ1v) is 6.47. The molecule has 0 aromatic heterocycles. The number of aromatic carboxylic acids is 1. The topological polar surface area (TPSA) is 66.4 Å². The lowest BCUT2D eigenvalue weighted by molar-refractivity contribution is 0.0698. The van der Waals surface area contributed by atoms with E-state index in [2.05, 4.69) is 21.2 Å². The lowest BCUT2D eigenvalue weighted by Gasteiger charge is -2.09. The van der Waals surface area contributed by atoms with Crippen LogP contribution < -0.4 is 5.32 Å². The van der Waals surface area contributed by atoms with E-state index >= 15 is 0 Å². The second kappa shape index (κ2) is 6.01. The molecule has 0 bridgehead atoms. The van der Waals surface area contributed by atoms with Crippen LogP contribution >= 0.6 is 15.9 Å². The van der Waals surface area contributed by atoms with Crippen LogP contribution in [-0.4, -0.2) is 17.0 Å². The van der Waals surface area contributed by atoms with Crippen LogP contribution in [-0.2, 0) is 0 Å². The minimum absolute atomic E-state index is 0.244. The van der Waals surface area contributed by atoms with Crippen LogP contribution in [0.5, 0.6) is 0 Å². The number of nitrogens with one attached hydrogen (secondary N) is 1. The van der Waals surface area contributed by atoms with Gasteiger partial charge in [0.2, 0.25) is 0 Å². The number of carboxylic acid groups (broad SMARTS) is 1. The molecule has 0 unspecified atom stereocenters. The maximum absolute atomic E-state index is 13.6. The fourth-order valence-corrected chi connectivity index (χ4v) is 2.03.